The molecule has 6 heteroatoms. The van der Waals surface area contributed by atoms with Crippen molar-refractivity contribution in [1.29, 1.82) is 5.41 Å². The van der Waals surface area contributed by atoms with E-state index in [0.29, 0.717) is 10.8 Å². The summed E-state index contributed by atoms with van der Waals surface area (Å²) in [5, 5.41) is 10.9. The van der Waals surface area contributed by atoms with Crippen LogP contribution in [0.4, 0.5) is 0 Å². The van der Waals surface area contributed by atoms with Crippen LogP contribution in [0.5, 0.6) is 0 Å². The summed E-state index contributed by atoms with van der Waals surface area (Å²) in [6.07, 6.45) is 4.55. The van der Waals surface area contributed by atoms with Crippen LogP contribution in [0, 0.1) is 17.2 Å². The van der Waals surface area contributed by atoms with Gasteiger partial charge in [0.15, 0.2) is 0 Å². The summed E-state index contributed by atoms with van der Waals surface area (Å²) in [4.78, 5) is 18.4. The molecule has 28 heavy (non-hydrogen) atoms. The number of amidine groups is 1. The summed E-state index contributed by atoms with van der Waals surface area (Å²) in [5.74, 6) is 1.17. The lowest BCUT2D eigenvalue weighted by atomic mass is 9.80. The Bertz CT molecular complexity index is 782. The molecule has 1 aliphatic carbocycles. The molecule has 0 saturated heterocycles. The Labute approximate surface area is 173 Å². The molecule has 0 spiro atoms. The molecule has 0 bridgehead atoms. The maximum absolute atomic E-state index is 12.1. The number of rotatable bonds is 4. The van der Waals surface area contributed by atoms with Crippen molar-refractivity contribution < 1.29 is 4.79 Å². The van der Waals surface area contributed by atoms with Crippen molar-refractivity contribution in [1.82, 2.24) is 10.3 Å². The van der Waals surface area contributed by atoms with Gasteiger partial charge < -0.3 is 11.1 Å². The van der Waals surface area contributed by atoms with Crippen LogP contribution in [0.2, 0.25) is 0 Å². The van der Waals surface area contributed by atoms with Gasteiger partial charge >= 0.3 is 0 Å². The minimum absolute atomic E-state index is 0.0484. The Morgan fingerprint density at radius 1 is 1.36 bits per heavy atom. The summed E-state index contributed by atoms with van der Waals surface area (Å²) < 4.78 is 0. The molecule has 156 valence electrons. The average Bonchev–Trinajstić information content (AvgIpc) is 3.08. The third-order valence-corrected chi connectivity index (χ3v) is 5.56. The fraction of sp³-hybridized carbons (Fsp3) is 0.591. The lowest BCUT2D eigenvalue weighted by molar-refractivity contribution is 0.0963. The summed E-state index contributed by atoms with van der Waals surface area (Å²) in [6, 6.07) is 4.09. The van der Waals surface area contributed by atoms with E-state index < -0.39 is 0 Å². The Kier molecular flexibility index (Phi) is 10.1. The molecule has 1 unspecified atom stereocenters. The molecule has 0 radical (unpaired) electrons. The number of carbonyl (C=O) groups excluding carboxylic acids is 1. The number of carbonyl (C=O) groups is 1. The number of nitrogens with two attached hydrogens (primary N) is 1. The van der Waals surface area contributed by atoms with Crippen LogP contribution in [-0.4, -0.2) is 23.3 Å². The number of amides is 1. The number of nitrogens with one attached hydrogen (secondary N) is 2. The van der Waals surface area contributed by atoms with E-state index in [1.54, 1.807) is 0 Å². The number of nitrogens with zero attached hydrogens (tertiary/aromatic N) is 1. The van der Waals surface area contributed by atoms with E-state index in [2.05, 4.69) is 39.1 Å². The number of pyridine rings is 1. The highest BCUT2D eigenvalue weighted by Gasteiger charge is 2.23. The number of hydrogen-bond donors (Lipinski definition) is 3. The molecule has 2 aromatic heterocycles. The van der Waals surface area contributed by atoms with Crippen LogP contribution in [0.15, 0.2) is 12.1 Å². The van der Waals surface area contributed by atoms with Crippen LogP contribution in [0.1, 0.15) is 75.3 Å². The van der Waals surface area contributed by atoms with E-state index in [9.17, 15) is 4.79 Å². The van der Waals surface area contributed by atoms with Crippen molar-refractivity contribution in [3.8, 4) is 0 Å². The largest absolute Gasteiger partial charge is 0.386 e. The summed E-state index contributed by atoms with van der Waals surface area (Å²) >= 11 is 1.40. The highest BCUT2D eigenvalue weighted by atomic mass is 32.1. The molecule has 3 rings (SSSR count). The summed E-state index contributed by atoms with van der Waals surface area (Å²) in [7, 11) is 0. The molecule has 2 heterocycles. The zero-order valence-electron chi connectivity index (χ0n) is 18.2. The van der Waals surface area contributed by atoms with E-state index in [0.717, 1.165) is 29.0 Å². The van der Waals surface area contributed by atoms with Crippen molar-refractivity contribution in [3.63, 3.8) is 0 Å². The van der Waals surface area contributed by atoms with Gasteiger partial charge in [0.1, 0.15) is 10.7 Å². The van der Waals surface area contributed by atoms with E-state index in [1.165, 1.54) is 35.4 Å². The maximum atomic E-state index is 12.1. The Morgan fingerprint density at radius 3 is 2.57 bits per heavy atom. The highest BCUT2D eigenvalue weighted by molar-refractivity contribution is 7.20. The lowest BCUT2D eigenvalue weighted by Crippen LogP contribution is -2.32. The Morgan fingerprint density at radius 2 is 2.00 bits per heavy atom. The maximum Gasteiger partial charge on any atom is 0.261 e. The monoisotopic (exact) mass is 404 g/mol. The van der Waals surface area contributed by atoms with Gasteiger partial charge in [0.2, 0.25) is 0 Å². The van der Waals surface area contributed by atoms with E-state index in [-0.39, 0.29) is 18.3 Å². The highest BCUT2D eigenvalue weighted by Crippen LogP contribution is 2.33. The number of thiophene rings is 1. The van der Waals surface area contributed by atoms with Gasteiger partial charge in [0.05, 0.1) is 11.4 Å². The number of aryl methyl sites for hydroxylation is 1. The van der Waals surface area contributed by atoms with Crippen molar-refractivity contribution in [2.45, 2.75) is 67.2 Å². The van der Waals surface area contributed by atoms with Gasteiger partial charge in [-0.1, -0.05) is 48.0 Å². The van der Waals surface area contributed by atoms with Crippen LogP contribution in [0.25, 0.3) is 10.2 Å². The normalized spacial score (nSPS) is 15.0. The first-order valence-corrected chi connectivity index (χ1v) is 11.2. The van der Waals surface area contributed by atoms with Gasteiger partial charge in [-0.25, -0.2) is 4.98 Å². The van der Waals surface area contributed by atoms with Crippen molar-refractivity contribution in [3.05, 3.63) is 28.3 Å². The first-order valence-electron chi connectivity index (χ1n) is 10.4. The number of fused-ring (bicyclic) bond motifs is 2. The number of hydrogen-bond acceptors (Lipinski definition) is 4. The van der Waals surface area contributed by atoms with E-state index in [1.807, 2.05) is 19.9 Å². The van der Waals surface area contributed by atoms with Gasteiger partial charge in [-0.2, -0.15) is 0 Å². The smallest absolute Gasteiger partial charge is 0.261 e. The Balaban J connectivity index is 0.000000717. The van der Waals surface area contributed by atoms with Gasteiger partial charge in [-0.05, 0) is 48.8 Å². The van der Waals surface area contributed by atoms with Crippen LogP contribution in [0.3, 0.4) is 0 Å². The third-order valence-electron chi connectivity index (χ3n) is 4.52. The molecular formula is C22H36N4OS. The second kappa shape index (κ2) is 11.8. The average molecular weight is 405 g/mol. The number of aromatic nitrogens is 1. The first-order chi connectivity index (χ1) is 13.3. The third kappa shape index (κ3) is 6.59. The fourth-order valence-electron chi connectivity index (χ4n) is 3.10. The van der Waals surface area contributed by atoms with Crippen molar-refractivity contribution >= 4 is 33.3 Å². The topological polar surface area (TPSA) is 91.9 Å². The SMILES string of the molecule is CC.CC(C)C1CCc2nc3sc(C(=O)NCC(=N)N)cc3cc2C1.CCC. The predicted octanol–water partition coefficient (Wildman–Crippen LogP) is 5.17. The van der Waals surface area contributed by atoms with Crippen LogP contribution >= 0.6 is 11.3 Å². The first kappa shape index (κ1) is 24.1. The molecule has 0 saturated carbocycles. The molecule has 0 aromatic carbocycles. The predicted molar refractivity (Wildman–Crippen MR) is 122 cm³/mol. The quantitative estimate of drug-likeness (QED) is 0.485. The molecule has 1 amide bonds. The standard InChI is InChI=1S/C17H22N4OS.C3H8.C2H6/c1-9(2)10-3-4-13-11(5-10)6-12-7-14(23-17(12)21-13)16(22)20-8-15(18)19;1-3-2;1-2/h6-7,9-10H,3-5,8H2,1-2H3,(H3,18,19)(H,20,22);3H2,1-2H3;1-2H3. The van der Waals surface area contributed by atoms with Crippen LogP contribution in [-0.2, 0) is 12.8 Å². The fourth-order valence-corrected chi connectivity index (χ4v) is 4.05. The summed E-state index contributed by atoms with van der Waals surface area (Å²) in [6.45, 7) is 12.9. The van der Waals surface area contributed by atoms with Gasteiger partial charge in [0, 0.05) is 11.1 Å². The van der Waals surface area contributed by atoms with E-state index >= 15 is 0 Å². The molecular weight excluding hydrogens is 368 g/mol. The summed E-state index contributed by atoms with van der Waals surface area (Å²) in [5.41, 5.74) is 7.79. The molecule has 0 fully saturated rings. The van der Waals surface area contributed by atoms with Crippen molar-refractivity contribution in [2.75, 3.05) is 6.54 Å². The molecule has 0 aliphatic heterocycles. The zero-order valence-corrected chi connectivity index (χ0v) is 19.0. The van der Waals surface area contributed by atoms with Gasteiger partial charge in [-0.15, -0.1) is 11.3 Å². The van der Waals surface area contributed by atoms with Crippen LogP contribution < -0.4 is 11.1 Å². The zero-order chi connectivity index (χ0) is 21.3. The van der Waals surface area contributed by atoms with Gasteiger partial charge in [-0.3, -0.25) is 10.2 Å². The molecule has 1 aliphatic rings. The second-order valence-electron chi connectivity index (χ2n) is 7.26. The Hall–Kier alpha value is -1.95. The van der Waals surface area contributed by atoms with Crippen molar-refractivity contribution in [2.24, 2.45) is 17.6 Å². The minimum atomic E-state index is -0.193. The molecule has 4 N–H and O–H groups in total. The van der Waals surface area contributed by atoms with Gasteiger partial charge in [0.25, 0.3) is 5.91 Å². The lowest BCUT2D eigenvalue weighted by Gasteiger charge is -2.26. The molecule has 1 atom stereocenters. The minimum Gasteiger partial charge on any atom is -0.386 e. The molecule has 5 nitrogen and oxygen atoms in total. The molecule has 2 aromatic rings. The van der Waals surface area contributed by atoms with E-state index in [4.69, 9.17) is 16.1 Å². The second-order valence-corrected chi connectivity index (χ2v) is 8.29.